The Morgan fingerprint density at radius 1 is 1.11 bits per heavy atom. The van der Waals surface area contributed by atoms with Crippen LogP contribution in [0.5, 0.6) is 0 Å². The van der Waals surface area contributed by atoms with Crippen molar-refractivity contribution in [1.29, 1.82) is 0 Å². The first-order valence-corrected chi connectivity index (χ1v) is 11.0. The number of halogens is 1. The Morgan fingerprint density at radius 2 is 1.79 bits per heavy atom. The summed E-state index contributed by atoms with van der Waals surface area (Å²) in [6, 6.07) is 13.0. The van der Waals surface area contributed by atoms with Crippen molar-refractivity contribution in [3.63, 3.8) is 0 Å². The number of fused-ring (bicyclic) bond motifs is 1. The van der Waals surface area contributed by atoms with E-state index >= 15 is 0 Å². The summed E-state index contributed by atoms with van der Waals surface area (Å²) < 4.78 is 30.4. The molecule has 3 aromatic rings. The number of thiophene rings is 1. The van der Waals surface area contributed by atoms with E-state index in [1.807, 2.05) is 12.1 Å². The Balaban J connectivity index is 1.78. The third-order valence-electron chi connectivity index (χ3n) is 4.00. The second kappa shape index (κ2) is 8.30. The maximum absolute atomic E-state index is 12.4. The molecule has 1 amide bonds. The van der Waals surface area contributed by atoms with E-state index in [0.717, 1.165) is 4.70 Å². The highest BCUT2D eigenvalue weighted by molar-refractivity contribution is 7.91. The fourth-order valence-corrected chi connectivity index (χ4v) is 5.04. The van der Waals surface area contributed by atoms with Crippen LogP contribution >= 0.6 is 22.9 Å². The van der Waals surface area contributed by atoms with Crippen molar-refractivity contribution in [3.8, 4) is 0 Å². The van der Waals surface area contributed by atoms with Gasteiger partial charge in [0, 0.05) is 21.5 Å². The fraction of sp³-hybridized carbons (Fsp3) is 0.158. The average molecular weight is 438 g/mol. The molecule has 0 radical (unpaired) electrons. The van der Waals surface area contributed by atoms with Crippen LogP contribution in [0.1, 0.15) is 16.1 Å². The quantitative estimate of drug-likeness (QED) is 0.585. The molecule has 3 rings (SSSR count). The number of hydrogen-bond donors (Lipinski definition) is 1. The molecule has 0 saturated heterocycles. The Morgan fingerprint density at radius 3 is 2.46 bits per heavy atom. The fourth-order valence-electron chi connectivity index (χ4n) is 2.59. The molecule has 0 aliphatic carbocycles. The molecule has 9 heteroatoms. The number of anilines is 1. The summed E-state index contributed by atoms with van der Waals surface area (Å²) in [5.74, 6) is -1.44. The molecule has 1 heterocycles. The van der Waals surface area contributed by atoms with E-state index in [2.05, 4.69) is 5.32 Å². The summed E-state index contributed by atoms with van der Waals surface area (Å²) in [6.07, 6.45) is -0.254. The monoisotopic (exact) mass is 437 g/mol. The average Bonchev–Trinajstić information content (AvgIpc) is 3.05. The van der Waals surface area contributed by atoms with Gasteiger partial charge in [-0.25, -0.2) is 13.2 Å². The van der Waals surface area contributed by atoms with Gasteiger partial charge in [-0.3, -0.25) is 4.79 Å². The van der Waals surface area contributed by atoms with E-state index in [0.29, 0.717) is 16.1 Å². The predicted octanol–water partition coefficient (Wildman–Crippen LogP) is 4.14. The van der Waals surface area contributed by atoms with Crippen molar-refractivity contribution in [1.82, 2.24) is 0 Å². The molecule has 28 heavy (non-hydrogen) atoms. The van der Waals surface area contributed by atoms with Crippen molar-refractivity contribution >= 4 is 60.4 Å². The van der Waals surface area contributed by atoms with Gasteiger partial charge in [0.2, 0.25) is 5.91 Å². The van der Waals surface area contributed by atoms with Gasteiger partial charge in [-0.1, -0.05) is 29.8 Å². The number of ether oxygens (including phenoxy) is 1. The molecular weight excluding hydrogens is 422 g/mol. The summed E-state index contributed by atoms with van der Waals surface area (Å²) in [5.41, 5.74) is 0.335. The molecule has 146 valence electrons. The number of sulfone groups is 1. The van der Waals surface area contributed by atoms with E-state index in [-0.39, 0.29) is 21.9 Å². The van der Waals surface area contributed by atoms with Crippen molar-refractivity contribution in [2.45, 2.75) is 11.3 Å². The van der Waals surface area contributed by atoms with Crippen LogP contribution in [0.3, 0.4) is 0 Å². The first-order valence-electron chi connectivity index (χ1n) is 8.20. The maximum Gasteiger partial charge on any atom is 0.350 e. The van der Waals surface area contributed by atoms with Gasteiger partial charge in [0.05, 0.1) is 23.4 Å². The maximum atomic E-state index is 12.4. The number of benzene rings is 2. The van der Waals surface area contributed by atoms with E-state index in [9.17, 15) is 18.0 Å². The summed E-state index contributed by atoms with van der Waals surface area (Å²) in [4.78, 5) is 24.8. The third kappa shape index (κ3) is 4.35. The zero-order valence-corrected chi connectivity index (χ0v) is 17.2. The van der Waals surface area contributed by atoms with Crippen LogP contribution in [0.2, 0.25) is 5.02 Å². The summed E-state index contributed by atoms with van der Waals surface area (Å²) in [7, 11) is -2.37. The number of carbonyl (C=O) groups excluding carboxylic acids is 2. The largest absolute Gasteiger partial charge is 0.465 e. The van der Waals surface area contributed by atoms with Crippen LogP contribution in [-0.4, -0.2) is 33.2 Å². The number of methoxy groups -OCH3 is 1. The van der Waals surface area contributed by atoms with E-state index in [1.54, 1.807) is 12.1 Å². The lowest BCUT2D eigenvalue weighted by Crippen LogP contribution is -2.18. The lowest BCUT2D eigenvalue weighted by atomic mass is 10.2. The standard InChI is InChI=1S/C19H16ClNO5S2/c1-26-19(23)18-17(14-4-2-3-5-15(14)27-18)21-16(22)10-11-28(24,25)13-8-6-12(20)7-9-13/h2-9H,10-11H2,1H3,(H,21,22). The van der Waals surface area contributed by atoms with Crippen LogP contribution in [-0.2, 0) is 19.4 Å². The highest BCUT2D eigenvalue weighted by atomic mass is 35.5. The minimum atomic E-state index is -3.63. The number of amides is 1. The zero-order valence-electron chi connectivity index (χ0n) is 14.8. The molecule has 0 atom stereocenters. The first-order chi connectivity index (χ1) is 13.3. The minimum absolute atomic E-state index is 0.0981. The Hall–Kier alpha value is -2.42. The van der Waals surface area contributed by atoms with Crippen molar-refractivity contribution in [2.75, 3.05) is 18.2 Å². The molecule has 0 bridgehead atoms. The zero-order chi connectivity index (χ0) is 20.3. The van der Waals surface area contributed by atoms with Gasteiger partial charge in [0.25, 0.3) is 0 Å². The summed E-state index contributed by atoms with van der Waals surface area (Å²) in [6.45, 7) is 0. The number of nitrogens with one attached hydrogen (secondary N) is 1. The summed E-state index contributed by atoms with van der Waals surface area (Å²) in [5, 5.41) is 3.79. The van der Waals surface area contributed by atoms with Crippen LogP contribution in [0.15, 0.2) is 53.4 Å². The predicted molar refractivity (Wildman–Crippen MR) is 110 cm³/mol. The van der Waals surface area contributed by atoms with E-state index in [4.69, 9.17) is 16.3 Å². The van der Waals surface area contributed by atoms with Gasteiger partial charge in [0.1, 0.15) is 4.88 Å². The van der Waals surface area contributed by atoms with Crippen LogP contribution < -0.4 is 5.32 Å². The van der Waals surface area contributed by atoms with Crippen LogP contribution in [0.25, 0.3) is 10.1 Å². The number of hydrogen-bond acceptors (Lipinski definition) is 6. The van der Waals surface area contributed by atoms with Crippen molar-refractivity contribution < 1.29 is 22.7 Å². The highest BCUT2D eigenvalue weighted by Crippen LogP contribution is 2.36. The van der Waals surface area contributed by atoms with Crippen LogP contribution in [0.4, 0.5) is 5.69 Å². The second-order valence-corrected chi connectivity index (χ2v) is 9.46. The molecule has 0 spiro atoms. The van der Waals surface area contributed by atoms with Gasteiger partial charge < -0.3 is 10.1 Å². The third-order valence-corrected chi connectivity index (χ3v) is 7.14. The molecule has 0 unspecified atom stereocenters. The SMILES string of the molecule is COC(=O)c1sc2ccccc2c1NC(=O)CCS(=O)(=O)c1ccc(Cl)cc1. The number of esters is 1. The Bertz CT molecular complexity index is 1140. The Kier molecular flexibility index (Phi) is 6.02. The Labute approximate surface area is 171 Å². The molecule has 0 saturated carbocycles. The van der Waals surface area contributed by atoms with Gasteiger partial charge in [-0.2, -0.15) is 0 Å². The van der Waals surface area contributed by atoms with E-state index < -0.39 is 21.7 Å². The molecule has 2 aromatic carbocycles. The normalized spacial score (nSPS) is 11.4. The van der Waals surface area contributed by atoms with Crippen molar-refractivity contribution in [2.24, 2.45) is 0 Å². The molecule has 6 nitrogen and oxygen atoms in total. The summed E-state index contributed by atoms with van der Waals surface area (Å²) >= 11 is 6.97. The molecule has 1 N–H and O–H groups in total. The number of carbonyl (C=O) groups is 2. The van der Waals surface area contributed by atoms with Gasteiger partial charge >= 0.3 is 5.97 Å². The molecule has 1 aromatic heterocycles. The minimum Gasteiger partial charge on any atom is -0.465 e. The lowest BCUT2D eigenvalue weighted by molar-refractivity contribution is -0.115. The molecular formula is C19H16ClNO5S2. The van der Waals surface area contributed by atoms with Gasteiger partial charge in [-0.15, -0.1) is 11.3 Å². The second-order valence-electron chi connectivity index (χ2n) is 5.86. The van der Waals surface area contributed by atoms with E-state index in [1.165, 1.54) is 42.7 Å². The van der Waals surface area contributed by atoms with Gasteiger partial charge in [0.15, 0.2) is 9.84 Å². The smallest absolute Gasteiger partial charge is 0.350 e. The first kappa shape index (κ1) is 20.3. The van der Waals surface area contributed by atoms with Crippen molar-refractivity contribution in [3.05, 3.63) is 58.4 Å². The number of rotatable bonds is 6. The molecule has 0 fully saturated rings. The highest BCUT2D eigenvalue weighted by Gasteiger charge is 2.22. The lowest BCUT2D eigenvalue weighted by Gasteiger charge is -2.08. The molecule has 0 aliphatic heterocycles. The van der Waals surface area contributed by atoms with Crippen LogP contribution in [0, 0.1) is 0 Å². The van der Waals surface area contributed by atoms with Gasteiger partial charge in [-0.05, 0) is 30.3 Å². The molecule has 0 aliphatic rings. The topological polar surface area (TPSA) is 89.5 Å².